The highest BCUT2D eigenvalue weighted by Crippen LogP contribution is 2.21. The van der Waals surface area contributed by atoms with Gasteiger partial charge >= 0.3 is 0 Å². The molecule has 0 bridgehead atoms. The van der Waals surface area contributed by atoms with E-state index in [0.717, 1.165) is 6.42 Å². The third kappa shape index (κ3) is 3.68. The number of likely N-dealkylation sites (tertiary alicyclic amines) is 1. The summed E-state index contributed by atoms with van der Waals surface area (Å²) in [6.45, 7) is 0.527. The first-order chi connectivity index (χ1) is 12.1. The molecule has 1 aliphatic rings. The summed E-state index contributed by atoms with van der Waals surface area (Å²) >= 11 is 0. The molecule has 2 aromatic carbocycles. The minimum Gasteiger partial charge on any atom is -0.368 e. The van der Waals surface area contributed by atoms with E-state index in [4.69, 9.17) is 5.73 Å². The van der Waals surface area contributed by atoms with Crippen molar-refractivity contribution in [2.45, 2.75) is 18.9 Å². The van der Waals surface area contributed by atoms with Gasteiger partial charge in [0.2, 0.25) is 5.91 Å². The highest BCUT2D eigenvalue weighted by molar-refractivity contribution is 6.04. The maximum Gasteiger partial charge on any atom is 0.255 e. The zero-order valence-corrected chi connectivity index (χ0v) is 13.6. The van der Waals surface area contributed by atoms with E-state index in [1.54, 1.807) is 48.5 Å². The number of amides is 3. The van der Waals surface area contributed by atoms with Crippen molar-refractivity contribution >= 4 is 23.4 Å². The SMILES string of the molecule is NC(=O)[C@@H]1CCCN1C(=O)c1ccc(NC(=O)c2ccccc2)cc1. The van der Waals surface area contributed by atoms with E-state index in [2.05, 4.69) is 5.32 Å². The van der Waals surface area contributed by atoms with Crippen LogP contribution < -0.4 is 11.1 Å². The van der Waals surface area contributed by atoms with E-state index in [-0.39, 0.29) is 11.8 Å². The van der Waals surface area contributed by atoms with Crippen LogP contribution in [0.1, 0.15) is 33.6 Å². The smallest absolute Gasteiger partial charge is 0.255 e. The Morgan fingerprint density at radius 1 is 0.960 bits per heavy atom. The Morgan fingerprint density at radius 2 is 1.64 bits per heavy atom. The largest absolute Gasteiger partial charge is 0.368 e. The Kier molecular flexibility index (Phi) is 4.79. The molecule has 0 saturated carbocycles. The molecule has 0 spiro atoms. The third-order valence-electron chi connectivity index (χ3n) is 4.27. The summed E-state index contributed by atoms with van der Waals surface area (Å²) in [7, 11) is 0. The molecule has 0 aromatic heterocycles. The van der Waals surface area contributed by atoms with Gasteiger partial charge in [-0.25, -0.2) is 0 Å². The lowest BCUT2D eigenvalue weighted by atomic mass is 10.1. The molecule has 3 amide bonds. The Labute approximate surface area is 145 Å². The second-order valence-corrected chi connectivity index (χ2v) is 5.96. The van der Waals surface area contributed by atoms with E-state index in [1.165, 1.54) is 4.90 Å². The predicted octanol–water partition coefficient (Wildman–Crippen LogP) is 2.03. The summed E-state index contributed by atoms with van der Waals surface area (Å²) in [6, 6.07) is 15.0. The number of hydrogen-bond donors (Lipinski definition) is 2. The first-order valence-electron chi connectivity index (χ1n) is 8.13. The molecule has 0 aliphatic carbocycles. The van der Waals surface area contributed by atoms with Gasteiger partial charge in [-0.2, -0.15) is 0 Å². The number of nitrogens with two attached hydrogens (primary N) is 1. The van der Waals surface area contributed by atoms with Crippen molar-refractivity contribution in [1.29, 1.82) is 0 Å². The molecule has 1 atom stereocenters. The van der Waals surface area contributed by atoms with Gasteiger partial charge in [0, 0.05) is 23.4 Å². The van der Waals surface area contributed by atoms with Crippen LogP contribution in [-0.4, -0.2) is 35.2 Å². The number of primary amides is 1. The van der Waals surface area contributed by atoms with Crippen LogP contribution in [-0.2, 0) is 4.79 Å². The average molecular weight is 337 g/mol. The minimum atomic E-state index is -0.537. The van der Waals surface area contributed by atoms with E-state index in [9.17, 15) is 14.4 Å². The summed E-state index contributed by atoms with van der Waals surface area (Å²) in [5, 5.41) is 2.78. The number of rotatable bonds is 4. The Hall–Kier alpha value is -3.15. The first kappa shape index (κ1) is 16.7. The number of carbonyl (C=O) groups excluding carboxylic acids is 3. The highest BCUT2D eigenvalue weighted by atomic mass is 16.2. The lowest BCUT2D eigenvalue weighted by Crippen LogP contribution is -2.43. The van der Waals surface area contributed by atoms with Gasteiger partial charge in [0.05, 0.1) is 0 Å². The van der Waals surface area contributed by atoms with Gasteiger partial charge in [-0.3, -0.25) is 14.4 Å². The number of nitrogens with one attached hydrogen (secondary N) is 1. The molecule has 25 heavy (non-hydrogen) atoms. The minimum absolute atomic E-state index is 0.215. The average Bonchev–Trinajstić information content (AvgIpc) is 3.12. The molecule has 1 fully saturated rings. The van der Waals surface area contributed by atoms with Crippen LogP contribution in [0.2, 0.25) is 0 Å². The number of benzene rings is 2. The van der Waals surface area contributed by atoms with Crippen LogP contribution in [0, 0.1) is 0 Å². The molecule has 128 valence electrons. The van der Waals surface area contributed by atoms with Gasteiger partial charge in [0.25, 0.3) is 11.8 Å². The lowest BCUT2D eigenvalue weighted by molar-refractivity contribution is -0.121. The van der Waals surface area contributed by atoms with Crippen molar-refractivity contribution in [3.8, 4) is 0 Å². The molecule has 1 heterocycles. The zero-order chi connectivity index (χ0) is 17.8. The van der Waals surface area contributed by atoms with Crippen LogP contribution in [0.5, 0.6) is 0 Å². The quantitative estimate of drug-likeness (QED) is 0.894. The standard InChI is InChI=1S/C19H19N3O3/c20-17(23)16-7-4-12-22(16)19(25)14-8-10-15(11-9-14)21-18(24)13-5-2-1-3-6-13/h1-3,5-6,8-11,16H,4,7,12H2,(H2,20,23)(H,21,24)/t16-/m0/s1. The first-order valence-corrected chi connectivity index (χ1v) is 8.13. The summed E-state index contributed by atoms with van der Waals surface area (Å²) in [5.74, 6) is -0.909. The molecular formula is C19H19N3O3. The number of carbonyl (C=O) groups is 3. The molecule has 6 heteroatoms. The molecule has 3 rings (SSSR count). The number of nitrogens with zero attached hydrogens (tertiary/aromatic N) is 1. The molecule has 3 N–H and O–H groups in total. The fourth-order valence-electron chi connectivity index (χ4n) is 2.96. The second kappa shape index (κ2) is 7.17. The van der Waals surface area contributed by atoms with Gasteiger partial charge in [0.15, 0.2) is 0 Å². The number of hydrogen-bond acceptors (Lipinski definition) is 3. The molecule has 2 aromatic rings. The Bertz CT molecular complexity index is 787. The maximum atomic E-state index is 12.5. The van der Waals surface area contributed by atoms with E-state index in [0.29, 0.717) is 29.8 Å². The van der Waals surface area contributed by atoms with E-state index in [1.807, 2.05) is 6.07 Å². The molecule has 6 nitrogen and oxygen atoms in total. The van der Waals surface area contributed by atoms with Crippen molar-refractivity contribution in [2.24, 2.45) is 5.73 Å². The summed E-state index contributed by atoms with van der Waals surface area (Å²) < 4.78 is 0. The molecule has 1 saturated heterocycles. The van der Waals surface area contributed by atoms with Crippen LogP contribution in [0.4, 0.5) is 5.69 Å². The zero-order valence-electron chi connectivity index (χ0n) is 13.6. The van der Waals surface area contributed by atoms with Gasteiger partial charge < -0.3 is 16.0 Å². The van der Waals surface area contributed by atoms with Gasteiger partial charge in [0.1, 0.15) is 6.04 Å². The predicted molar refractivity (Wildman–Crippen MR) is 94.1 cm³/mol. The van der Waals surface area contributed by atoms with E-state index >= 15 is 0 Å². The van der Waals surface area contributed by atoms with Crippen molar-refractivity contribution in [1.82, 2.24) is 4.90 Å². The summed E-state index contributed by atoms with van der Waals surface area (Å²) in [5.41, 5.74) is 6.98. The monoisotopic (exact) mass is 337 g/mol. The highest BCUT2D eigenvalue weighted by Gasteiger charge is 2.33. The summed E-state index contributed by atoms with van der Waals surface area (Å²) in [6.07, 6.45) is 1.37. The van der Waals surface area contributed by atoms with Gasteiger partial charge in [-0.15, -0.1) is 0 Å². The second-order valence-electron chi connectivity index (χ2n) is 5.96. The molecule has 1 aliphatic heterocycles. The van der Waals surface area contributed by atoms with E-state index < -0.39 is 11.9 Å². The molecule has 0 unspecified atom stereocenters. The van der Waals surface area contributed by atoms with Crippen LogP contribution in [0.15, 0.2) is 54.6 Å². The Balaban J connectivity index is 1.69. The maximum absolute atomic E-state index is 12.5. The van der Waals surface area contributed by atoms with Crippen molar-refractivity contribution in [3.63, 3.8) is 0 Å². The number of anilines is 1. The topological polar surface area (TPSA) is 92.5 Å². The fraction of sp³-hybridized carbons (Fsp3) is 0.211. The summed E-state index contributed by atoms with van der Waals surface area (Å²) in [4.78, 5) is 37.6. The molecule has 0 radical (unpaired) electrons. The van der Waals surface area contributed by atoms with Crippen molar-refractivity contribution in [3.05, 3.63) is 65.7 Å². The van der Waals surface area contributed by atoms with Crippen molar-refractivity contribution < 1.29 is 14.4 Å². The normalized spacial score (nSPS) is 16.5. The third-order valence-corrected chi connectivity index (χ3v) is 4.27. The van der Waals surface area contributed by atoms with Crippen LogP contribution in [0.25, 0.3) is 0 Å². The van der Waals surface area contributed by atoms with Crippen molar-refractivity contribution in [2.75, 3.05) is 11.9 Å². The van der Waals surface area contributed by atoms with Gasteiger partial charge in [-0.1, -0.05) is 18.2 Å². The van der Waals surface area contributed by atoms with Crippen LogP contribution in [0.3, 0.4) is 0 Å². The fourth-order valence-corrected chi connectivity index (χ4v) is 2.96. The molecular weight excluding hydrogens is 318 g/mol. The van der Waals surface area contributed by atoms with Gasteiger partial charge in [-0.05, 0) is 49.2 Å². The Morgan fingerprint density at radius 3 is 2.28 bits per heavy atom. The lowest BCUT2D eigenvalue weighted by Gasteiger charge is -2.22. The van der Waals surface area contributed by atoms with Crippen LogP contribution >= 0.6 is 0 Å².